The number of rotatable bonds is 5. The largest absolute Gasteiger partial charge is 0.493 e. The fourth-order valence-corrected chi connectivity index (χ4v) is 2.79. The third kappa shape index (κ3) is 3.19. The molecule has 0 saturated heterocycles. The smallest absolute Gasteiger partial charge is 0.156 e. The zero-order valence-corrected chi connectivity index (χ0v) is 12.4. The van der Waals surface area contributed by atoms with E-state index in [1.807, 2.05) is 13.0 Å². The number of fused-ring (bicyclic) bond motifs is 1. The van der Waals surface area contributed by atoms with Crippen molar-refractivity contribution < 1.29 is 9.94 Å². The van der Waals surface area contributed by atoms with Crippen LogP contribution >= 0.6 is 15.9 Å². The first-order chi connectivity index (χ1) is 9.15. The zero-order chi connectivity index (χ0) is 13.8. The number of hydrogen-bond donors (Lipinski definition) is 3. The molecule has 6 heteroatoms. The molecule has 0 spiro atoms. The van der Waals surface area contributed by atoms with Crippen LogP contribution in [-0.2, 0) is 13.0 Å². The van der Waals surface area contributed by atoms with Gasteiger partial charge in [0.05, 0.1) is 12.6 Å². The number of halogens is 1. The molecular weight excluding hydrogens is 310 g/mol. The van der Waals surface area contributed by atoms with Gasteiger partial charge in [-0.1, -0.05) is 28.0 Å². The topological polar surface area (TPSA) is 79.9 Å². The molecule has 0 bridgehead atoms. The van der Waals surface area contributed by atoms with E-state index in [1.54, 1.807) is 0 Å². The lowest BCUT2D eigenvalue weighted by atomic mass is 10.1. The summed E-state index contributed by atoms with van der Waals surface area (Å²) in [6, 6.07) is 3.99. The highest BCUT2D eigenvalue weighted by Crippen LogP contribution is 2.32. The fraction of sp³-hybridized carbons (Fsp3) is 0.462. The van der Waals surface area contributed by atoms with Gasteiger partial charge >= 0.3 is 0 Å². The molecule has 19 heavy (non-hydrogen) atoms. The van der Waals surface area contributed by atoms with Crippen LogP contribution in [0.3, 0.4) is 0 Å². The Balaban J connectivity index is 2.12. The van der Waals surface area contributed by atoms with Gasteiger partial charge in [0.25, 0.3) is 0 Å². The Hall–Kier alpha value is -1.27. The summed E-state index contributed by atoms with van der Waals surface area (Å²) in [6.07, 6.45) is 1.70. The lowest BCUT2D eigenvalue weighted by Gasteiger charge is -2.16. The second kappa shape index (κ2) is 6.25. The molecule has 104 valence electrons. The normalized spacial score (nSPS) is 16.0. The van der Waals surface area contributed by atoms with Gasteiger partial charge in [0.15, 0.2) is 5.84 Å². The van der Waals surface area contributed by atoms with Crippen LogP contribution in [0.15, 0.2) is 21.8 Å². The maximum Gasteiger partial charge on any atom is 0.156 e. The van der Waals surface area contributed by atoms with Crippen molar-refractivity contribution in [2.75, 3.05) is 6.61 Å². The van der Waals surface area contributed by atoms with Gasteiger partial charge in [-0.3, -0.25) is 0 Å². The van der Waals surface area contributed by atoms with Crippen LogP contribution in [0.2, 0.25) is 0 Å². The summed E-state index contributed by atoms with van der Waals surface area (Å²) in [5, 5.41) is 15.1. The quantitative estimate of drug-likeness (QED) is 0.334. The molecule has 4 N–H and O–H groups in total. The third-order valence-electron chi connectivity index (χ3n) is 3.24. The van der Waals surface area contributed by atoms with Gasteiger partial charge in [-0.25, -0.2) is 0 Å². The van der Waals surface area contributed by atoms with E-state index >= 15 is 0 Å². The van der Waals surface area contributed by atoms with Gasteiger partial charge in [0.2, 0.25) is 0 Å². The van der Waals surface area contributed by atoms with E-state index in [4.69, 9.17) is 15.7 Å². The van der Waals surface area contributed by atoms with Crippen LogP contribution in [0.4, 0.5) is 0 Å². The van der Waals surface area contributed by atoms with Crippen molar-refractivity contribution in [3.8, 4) is 5.75 Å². The van der Waals surface area contributed by atoms with Crippen LogP contribution in [0.5, 0.6) is 5.75 Å². The minimum absolute atomic E-state index is 0.138. The Bertz CT molecular complexity index is 491. The molecule has 1 aliphatic rings. The second-order valence-corrected chi connectivity index (χ2v) is 5.43. The van der Waals surface area contributed by atoms with E-state index in [1.165, 1.54) is 5.56 Å². The van der Waals surface area contributed by atoms with Crippen LogP contribution < -0.4 is 15.8 Å². The van der Waals surface area contributed by atoms with Crippen molar-refractivity contribution in [1.82, 2.24) is 5.32 Å². The first-order valence-corrected chi connectivity index (χ1v) is 7.10. The Morgan fingerprint density at radius 1 is 1.63 bits per heavy atom. The molecule has 0 amide bonds. The van der Waals surface area contributed by atoms with E-state index in [9.17, 15) is 0 Å². The standard InChI is InChI=1S/C13H18BrN3O2/c1-2-11(13(15)17-18)16-7-9-6-10(14)5-8-3-4-19-12(8)9/h5-6,11,16,18H,2-4,7H2,1H3,(H2,15,17). The van der Waals surface area contributed by atoms with E-state index < -0.39 is 0 Å². The van der Waals surface area contributed by atoms with E-state index in [0.29, 0.717) is 6.54 Å². The van der Waals surface area contributed by atoms with Crippen LogP contribution in [-0.4, -0.2) is 23.7 Å². The summed E-state index contributed by atoms with van der Waals surface area (Å²) in [5.74, 6) is 1.17. The predicted molar refractivity (Wildman–Crippen MR) is 77.7 cm³/mol. The van der Waals surface area contributed by atoms with Crippen molar-refractivity contribution in [2.45, 2.75) is 32.4 Å². The Morgan fingerprint density at radius 2 is 2.42 bits per heavy atom. The minimum Gasteiger partial charge on any atom is -0.493 e. The first-order valence-electron chi connectivity index (χ1n) is 6.30. The van der Waals surface area contributed by atoms with Crippen LogP contribution in [0.1, 0.15) is 24.5 Å². The maximum atomic E-state index is 8.72. The molecule has 1 aliphatic heterocycles. The molecule has 1 atom stereocenters. The maximum absolute atomic E-state index is 8.72. The predicted octanol–water partition coefficient (Wildman–Crippen LogP) is 2.00. The number of nitrogens with two attached hydrogens (primary N) is 1. The lowest BCUT2D eigenvalue weighted by Crippen LogP contribution is -2.40. The number of hydrogen-bond acceptors (Lipinski definition) is 4. The van der Waals surface area contributed by atoms with Gasteiger partial charge in [0.1, 0.15) is 5.75 Å². The summed E-state index contributed by atoms with van der Waals surface area (Å²) in [4.78, 5) is 0. The van der Waals surface area contributed by atoms with E-state index in [0.717, 1.165) is 35.2 Å². The van der Waals surface area contributed by atoms with Crippen molar-refractivity contribution >= 4 is 21.8 Å². The van der Waals surface area contributed by atoms with Crippen molar-refractivity contribution in [1.29, 1.82) is 0 Å². The Labute approximate surface area is 120 Å². The first kappa shape index (κ1) is 14.1. The average molecular weight is 328 g/mol. The average Bonchev–Trinajstić information content (AvgIpc) is 2.86. The third-order valence-corrected chi connectivity index (χ3v) is 3.70. The second-order valence-electron chi connectivity index (χ2n) is 4.52. The summed E-state index contributed by atoms with van der Waals surface area (Å²) in [7, 11) is 0. The highest BCUT2D eigenvalue weighted by Gasteiger charge is 2.18. The number of oxime groups is 1. The molecule has 0 fully saturated rings. The molecule has 1 aromatic carbocycles. The van der Waals surface area contributed by atoms with Gasteiger partial charge in [-0.15, -0.1) is 0 Å². The number of ether oxygens (including phenoxy) is 1. The molecule has 0 saturated carbocycles. The highest BCUT2D eigenvalue weighted by atomic mass is 79.9. The molecule has 0 radical (unpaired) electrons. The van der Waals surface area contributed by atoms with Crippen molar-refractivity contribution in [2.24, 2.45) is 10.9 Å². The molecule has 0 aromatic heterocycles. The SMILES string of the molecule is CCC(NCc1cc(Br)cc2c1OCC2)/C(N)=N/O. The number of amidine groups is 1. The van der Waals surface area contributed by atoms with Crippen LogP contribution in [0, 0.1) is 0 Å². The van der Waals surface area contributed by atoms with Crippen molar-refractivity contribution in [3.05, 3.63) is 27.7 Å². The minimum atomic E-state index is -0.138. The molecule has 1 heterocycles. The van der Waals surface area contributed by atoms with Gasteiger partial charge in [-0.2, -0.15) is 0 Å². The monoisotopic (exact) mass is 327 g/mol. The zero-order valence-electron chi connectivity index (χ0n) is 10.8. The fourth-order valence-electron chi connectivity index (χ4n) is 2.24. The van der Waals surface area contributed by atoms with Gasteiger partial charge in [-0.05, 0) is 24.1 Å². The van der Waals surface area contributed by atoms with Crippen molar-refractivity contribution in [3.63, 3.8) is 0 Å². The van der Waals surface area contributed by atoms with E-state index in [2.05, 4.69) is 32.5 Å². The van der Waals surface area contributed by atoms with E-state index in [-0.39, 0.29) is 11.9 Å². The molecule has 1 unspecified atom stereocenters. The molecule has 5 nitrogen and oxygen atoms in total. The Kier molecular flexibility index (Phi) is 4.66. The Morgan fingerprint density at radius 3 is 3.11 bits per heavy atom. The summed E-state index contributed by atoms with van der Waals surface area (Å²) in [6.45, 7) is 3.34. The number of nitrogens with one attached hydrogen (secondary N) is 1. The lowest BCUT2D eigenvalue weighted by molar-refractivity contribution is 0.314. The molecular formula is C13H18BrN3O2. The number of benzene rings is 1. The summed E-state index contributed by atoms with van der Waals surface area (Å²) < 4.78 is 6.71. The molecule has 1 aromatic rings. The molecule has 2 rings (SSSR count). The summed E-state index contributed by atoms with van der Waals surface area (Å²) >= 11 is 3.51. The van der Waals surface area contributed by atoms with Gasteiger partial charge < -0.3 is 21.0 Å². The van der Waals surface area contributed by atoms with Crippen LogP contribution in [0.25, 0.3) is 0 Å². The number of nitrogens with zero attached hydrogens (tertiary/aromatic N) is 1. The highest BCUT2D eigenvalue weighted by molar-refractivity contribution is 9.10. The molecule has 0 aliphatic carbocycles. The van der Waals surface area contributed by atoms with Gasteiger partial charge in [0, 0.05) is 23.0 Å². The summed E-state index contributed by atoms with van der Waals surface area (Å²) in [5.41, 5.74) is 7.95.